The average Bonchev–Trinajstić information content (AvgIpc) is 3.52. The van der Waals surface area contributed by atoms with Crippen LogP contribution in [0.2, 0.25) is 0 Å². The van der Waals surface area contributed by atoms with Crippen LogP contribution in [-0.2, 0) is 26.2 Å². The molecule has 0 heterocycles. The zero-order valence-corrected chi connectivity index (χ0v) is 34.8. The summed E-state index contributed by atoms with van der Waals surface area (Å²) < 4.78 is 0. The molecule has 1 unspecified atom stereocenters. The first-order chi connectivity index (χ1) is 21.2. The van der Waals surface area contributed by atoms with Crippen LogP contribution in [0.3, 0.4) is 0 Å². The maximum atomic E-state index is 4.04. The molecule has 2 aliphatic carbocycles. The van der Waals surface area contributed by atoms with Gasteiger partial charge in [0, 0.05) is 0 Å². The van der Waals surface area contributed by atoms with Crippen LogP contribution in [0.4, 0.5) is 0 Å². The second-order valence-electron chi connectivity index (χ2n) is 15.0. The van der Waals surface area contributed by atoms with Crippen molar-refractivity contribution < 1.29 is 51.0 Å². The molecule has 0 saturated carbocycles. The minimum absolute atomic E-state index is 0. The predicted octanol–water partition coefficient (Wildman–Crippen LogP) is 5.15. The minimum atomic E-state index is 0. The fourth-order valence-electron chi connectivity index (χ4n) is 8.04. The van der Waals surface area contributed by atoms with Gasteiger partial charge in [0.2, 0.25) is 0 Å². The molecule has 1 atom stereocenters. The van der Waals surface area contributed by atoms with Crippen molar-refractivity contribution in [3.8, 4) is 33.4 Å². The molecule has 0 saturated heterocycles. The van der Waals surface area contributed by atoms with Crippen molar-refractivity contribution in [3.63, 3.8) is 0 Å². The van der Waals surface area contributed by atoms with Gasteiger partial charge in [0.25, 0.3) is 0 Å². The van der Waals surface area contributed by atoms with Crippen molar-refractivity contribution >= 4 is 17.2 Å². The summed E-state index contributed by atoms with van der Waals surface area (Å²) in [5.41, 5.74) is 22.9. The third-order valence-corrected chi connectivity index (χ3v) is 10.0. The van der Waals surface area contributed by atoms with Gasteiger partial charge in [0.1, 0.15) is 0 Å². The molecule has 6 rings (SSSR count). The molecule has 0 amide bonds. The van der Waals surface area contributed by atoms with E-state index < -0.39 is 0 Å². The predicted molar refractivity (Wildman–Crippen MR) is 197 cm³/mol. The molecule has 0 aliphatic heterocycles. The summed E-state index contributed by atoms with van der Waals surface area (Å²) in [6.45, 7) is 27.4. The van der Waals surface area contributed by atoms with Gasteiger partial charge >= 0.3 is 26.2 Å². The minimum Gasteiger partial charge on any atom is -1.00 e. The van der Waals surface area contributed by atoms with Crippen LogP contribution >= 0.6 is 0 Å². The molecule has 0 nitrogen and oxygen atoms in total. The molecule has 48 heavy (non-hydrogen) atoms. The first-order valence-corrected chi connectivity index (χ1v) is 16.7. The first-order valence-electron chi connectivity index (χ1n) is 16.7. The monoisotopic (exact) mass is 749 g/mol. The van der Waals surface area contributed by atoms with Crippen LogP contribution < -0.4 is 35.3 Å². The zero-order chi connectivity index (χ0) is 32.5. The standard InChI is InChI=1S/C45H49.2ClH.Zr/c1-13-32-21-35(45(10,11)12)23-38(32)43-40-22-34-20-33(41-28(6)16-26(4)17-29(41)7)14-15-36(34)39(40)24-37(25(2)3)44(43)42-30(8)18-27(5)19-31(42)9;;;/h14-21,23-24,32H,13H2,1-12H3;2*1H;/q-1;;;+3/p-2. The van der Waals surface area contributed by atoms with E-state index in [0.717, 1.165) is 6.42 Å². The molecule has 0 fully saturated rings. The van der Waals surface area contributed by atoms with E-state index in [-0.39, 0.29) is 56.4 Å². The Morgan fingerprint density at radius 2 is 1.23 bits per heavy atom. The summed E-state index contributed by atoms with van der Waals surface area (Å²) in [6, 6.07) is 18.8. The van der Waals surface area contributed by atoms with E-state index in [1.165, 1.54) is 105 Å². The van der Waals surface area contributed by atoms with Gasteiger partial charge in [-0.3, -0.25) is 0 Å². The maximum Gasteiger partial charge on any atom is 3.00 e. The van der Waals surface area contributed by atoms with Crippen molar-refractivity contribution in [2.45, 2.75) is 89.5 Å². The number of aryl methyl sites for hydroxylation is 6. The molecule has 4 aromatic carbocycles. The van der Waals surface area contributed by atoms with Crippen LogP contribution in [0.25, 0.3) is 50.6 Å². The number of halogens is 2. The maximum absolute atomic E-state index is 4.04. The van der Waals surface area contributed by atoms with Gasteiger partial charge < -0.3 is 24.8 Å². The van der Waals surface area contributed by atoms with E-state index in [1.807, 2.05) is 0 Å². The van der Waals surface area contributed by atoms with Crippen molar-refractivity contribution in [1.29, 1.82) is 0 Å². The van der Waals surface area contributed by atoms with Crippen molar-refractivity contribution in [1.82, 2.24) is 0 Å². The van der Waals surface area contributed by atoms with E-state index >= 15 is 0 Å². The number of benzene rings is 4. The number of hydrogen-bond donors (Lipinski definition) is 0. The number of hydrogen-bond acceptors (Lipinski definition) is 0. The Balaban J connectivity index is 0.00000208. The number of allylic oxidation sites excluding steroid dienone is 4. The molecule has 247 valence electrons. The normalized spacial score (nSPS) is 14.5. The summed E-state index contributed by atoms with van der Waals surface area (Å²) in [5.74, 6) is 0.375. The molecule has 3 heteroatoms. The van der Waals surface area contributed by atoms with Gasteiger partial charge in [-0.15, -0.1) is 34.1 Å². The van der Waals surface area contributed by atoms with E-state index in [0.29, 0.717) is 5.92 Å². The second kappa shape index (κ2) is 14.8. The quantitative estimate of drug-likeness (QED) is 0.223. The van der Waals surface area contributed by atoms with Gasteiger partial charge in [0.05, 0.1) is 0 Å². The first kappa shape index (κ1) is 40.0. The Morgan fingerprint density at radius 1 is 0.688 bits per heavy atom. The molecular formula is C45H49Cl2Zr. The Hall–Kier alpha value is -2.44. The van der Waals surface area contributed by atoms with Crippen LogP contribution in [-0.4, -0.2) is 0 Å². The molecule has 0 aromatic heterocycles. The molecule has 0 spiro atoms. The summed E-state index contributed by atoms with van der Waals surface area (Å²) in [4.78, 5) is 0. The summed E-state index contributed by atoms with van der Waals surface area (Å²) in [6.07, 6.45) is 10.2. The summed E-state index contributed by atoms with van der Waals surface area (Å²) in [5, 5.41) is 2.61. The molecule has 2 aliphatic rings. The Morgan fingerprint density at radius 3 is 1.73 bits per heavy atom. The topological polar surface area (TPSA) is 0 Å². The van der Waals surface area contributed by atoms with Crippen molar-refractivity contribution in [2.24, 2.45) is 11.3 Å². The van der Waals surface area contributed by atoms with Gasteiger partial charge in [-0.25, -0.2) is 0 Å². The third kappa shape index (κ3) is 6.95. The van der Waals surface area contributed by atoms with E-state index in [9.17, 15) is 0 Å². The van der Waals surface area contributed by atoms with E-state index in [1.54, 1.807) is 0 Å². The van der Waals surface area contributed by atoms with E-state index in [2.05, 4.69) is 150 Å². The summed E-state index contributed by atoms with van der Waals surface area (Å²) >= 11 is 0. The van der Waals surface area contributed by atoms with E-state index in [4.69, 9.17) is 0 Å². The molecule has 0 N–H and O–H groups in total. The Labute approximate surface area is 321 Å². The second-order valence-corrected chi connectivity index (χ2v) is 15.0. The molecule has 4 aromatic rings. The van der Waals surface area contributed by atoms with Gasteiger partial charge in [-0.1, -0.05) is 116 Å². The average molecular weight is 752 g/mol. The number of rotatable bonds is 4. The van der Waals surface area contributed by atoms with Crippen molar-refractivity contribution in [2.75, 3.05) is 0 Å². The molecular weight excluding hydrogens is 703 g/mol. The Kier molecular flexibility index (Phi) is 12.3. The van der Waals surface area contributed by atoms with Crippen LogP contribution in [0.5, 0.6) is 0 Å². The molecule has 0 bridgehead atoms. The summed E-state index contributed by atoms with van der Waals surface area (Å²) in [7, 11) is 0. The van der Waals surface area contributed by atoms with Gasteiger partial charge in [-0.2, -0.15) is 0 Å². The smallest absolute Gasteiger partial charge is 1.00 e. The SMILES string of the molecule is CCC1C=C(C(C)(C)C)C=C1c1c(-c2c(C)cc(C)cc2C)c(=C(C)C)cc2c1=[C-]c1cc(-c3c(C)cc(C)cc3C)ccc1-2.[Cl-].[Cl-].[Zr+3]. The zero-order valence-electron chi connectivity index (χ0n) is 30.8. The molecule has 1 radical (unpaired) electrons. The Bertz CT molecular complexity index is 2050. The largest absolute Gasteiger partial charge is 3.00 e. The number of fused-ring (bicyclic) bond motifs is 3. The van der Waals surface area contributed by atoms with Gasteiger partial charge in [-0.05, 0) is 123 Å². The van der Waals surface area contributed by atoms with Crippen LogP contribution in [0.1, 0.15) is 92.5 Å². The van der Waals surface area contributed by atoms with Crippen LogP contribution in [0.15, 0.2) is 66.3 Å². The van der Waals surface area contributed by atoms with Crippen molar-refractivity contribution in [3.05, 3.63) is 121 Å². The fourth-order valence-corrected chi connectivity index (χ4v) is 8.04. The fraction of sp³-hybridized carbons (Fsp3) is 0.333. The van der Waals surface area contributed by atoms with Crippen LogP contribution in [0, 0.1) is 52.9 Å². The third-order valence-electron chi connectivity index (χ3n) is 10.0. The van der Waals surface area contributed by atoms with Gasteiger partial charge in [0.15, 0.2) is 0 Å².